The average Bonchev–Trinajstić information content (AvgIpc) is 3.01. The molecule has 0 spiro atoms. The molecule has 0 bridgehead atoms. The minimum Gasteiger partial charge on any atom is -0.325 e. The molecule has 26 heavy (non-hydrogen) atoms. The fourth-order valence-corrected chi connectivity index (χ4v) is 5.30. The predicted octanol–water partition coefficient (Wildman–Crippen LogP) is 3.98. The van der Waals surface area contributed by atoms with Gasteiger partial charge in [-0.25, -0.2) is 4.98 Å². The van der Waals surface area contributed by atoms with Crippen molar-refractivity contribution in [1.29, 1.82) is 0 Å². The summed E-state index contributed by atoms with van der Waals surface area (Å²) in [5.41, 5.74) is 1.84. The third kappa shape index (κ3) is 3.41. The summed E-state index contributed by atoms with van der Waals surface area (Å²) in [5, 5.41) is 3.75. The molecule has 0 saturated carbocycles. The van der Waals surface area contributed by atoms with Gasteiger partial charge >= 0.3 is 0 Å². The minimum absolute atomic E-state index is 0.0902. The molecule has 1 amide bonds. The molecule has 1 atom stereocenters. The summed E-state index contributed by atoms with van der Waals surface area (Å²) in [7, 11) is 0. The number of aryl methyl sites for hydroxylation is 2. The second-order valence-corrected chi connectivity index (χ2v) is 8.79. The van der Waals surface area contributed by atoms with Gasteiger partial charge in [0.15, 0.2) is 5.16 Å². The molecular formula is C19H19N3O2S2. The number of thiophene rings is 1. The van der Waals surface area contributed by atoms with Crippen molar-refractivity contribution in [3.8, 4) is 0 Å². The third-order valence-corrected chi connectivity index (χ3v) is 6.67. The highest BCUT2D eigenvalue weighted by Gasteiger charge is 2.21. The number of aromatic amines is 1. The van der Waals surface area contributed by atoms with Gasteiger partial charge in [0.25, 0.3) is 5.56 Å². The number of anilines is 1. The number of benzene rings is 1. The Morgan fingerprint density at radius 2 is 2.04 bits per heavy atom. The van der Waals surface area contributed by atoms with E-state index in [0.29, 0.717) is 5.16 Å². The van der Waals surface area contributed by atoms with Crippen LogP contribution in [-0.4, -0.2) is 21.1 Å². The number of fused-ring (bicyclic) bond motifs is 3. The number of nitrogens with one attached hydrogen (secondary N) is 2. The van der Waals surface area contributed by atoms with E-state index in [1.807, 2.05) is 37.3 Å². The zero-order valence-corrected chi connectivity index (χ0v) is 16.0. The third-order valence-electron chi connectivity index (χ3n) is 4.50. The van der Waals surface area contributed by atoms with Crippen LogP contribution in [0.15, 0.2) is 40.3 Å². The normalized spacial score (nSPS) is 14.8. The lowest BCUT2D eigenvalue weighted by atomic mass is 9.97. The van der Waals surface area contributed by atoms with Crippen molar-refractivity contribution in [1.82, 2.24) is 9.97 Å². The summed E-state index contributed by atoms with van der Waals surface area (Å²) < 4.78 is 0. The molecule has 0 saturated heterocycles. The maximum Gasteiger partial charge on any atom is 0.260 e. The number of amides is 1. The number of H-pyrrole nitrogens is 1. The monoisotopic (exact) mass is 385 g/mol. The molecule has 1 aliphatic carbocycles. The van der Waals surface area contributed by atoms with Crippen molar-refractivity contribution in [2.45, 2.75) is 43.0 Å². The van der Waals surface area contributed by atoms with Crippen LogP contribution in [0.3, 0.4) is 0 Å². The van der Waals surface area contributed by atoms with Crippen LogP contribution >= 0.6 is 23.1 Å². The van der Waals surface area contributed by atoms with E-state index < -0.39 is 0 Å². The Bertz CT molecular complexity index is 1010. The SMILES string of the molecule is C[C@H](Sc1nc2sc3c(c2c(=O)[nH]1)CCCC3)C(=O)Nc1ccccc1. The predicted molar refractivity (Wildman–Crippen MR) is 107 cm³/mol. The molecule has 1 aromatic carbocycles. The van der Waals surface area contributed by atoms with Crippen molar-refractivity contribution in [3.63, 3.8) is 0 Å². The molecule has 0 fully saturated rings. The van der Waals surface area contributed by atoms with E-state index in [4.69, 9.17) is 0 Å². The fourth-order valence-electron chi connectivity index (χ4n) is 3.19. The molecule has 0 unspecified atom stereocenters. The zero-order chi connectivity index (χ0) is 18.1. The Hall–Kier alpha value is -2.12. The van der Waals surface area contributed by atoms with Gasteiger partial charge in [0.1, 0.15) is 4.83 Å². The summed E-state index contributed by atoms with van der Waals surface area (Å²) in [6.45, 7) is 1.81. The van der Waals surface area contributed by atoms with Gasteiger partial charge in [-0.2, -0.15) is 0 Å². The highest BCUT2D eigenvalue weighted by molar-refractivity contribution is 8.00. The first-order valence-electron chi connectivity index (χ1n) is 8.69. The second kappa shape index (κ2) is 7.25. The highest BCUT2D eigenvalue weighted by atomic mass is 32.2. The highest BCUT2D eigenvalue weighted by Crippen LogP contribution is 2.34. The quantitative estimate of drug-likeness (QED) is 0.526. The Kier molecular flexibility index (Phi) is 4.82. The van der Waals surface area contributed by atoms with Crippen LogP contribution < -0.4 is 10.9 Å². The van der Waals surface area contributed by atoms with E-state index in [0.717, 1.165) is 35.2 Å². The standard InChI is InChI=1S/C19H19N3O2S2/c1-11(16(23)20-12-7-3-2-4-8-12)25-19-21-17(24)15-13-9-5-6-10-14(13)26-18(15)22-19/h2-4,7-8,11H,5-6,9-10H2,1H3,(H,20,23)(H,21,22,24)/t11-/m0/s1. The summed E-state index contributed by atoms with van der Waals surface area (Å²) in [4.78, 5) is 34.5. The molecule has 5 nitrogen and oxygen atoms in total. The first kappa shape index (κ1) is 17.3. The van der Waals surface area contributed by atoms with E-state index in [9.17, 15) is 9.59 Å². The molecule has 0 radical (unpaired) electrons. The number of para-hydroxylation sites is 1. The molecule has 3 aromatic rings. The molecule has 2 N–H and O–H groups in total. The van der Waals surface area contributed by atoms with Crippen molar-refractivity contribution in [3.05, 3.63) is 51.1 Å². The van der Waals surface area contributed by atoms with E-state index in [1.54, 1.807) is 11.3 Å². The largest absolute Gasteiger partial charge is 0.325 e. The average molecular weight is 386 g/mol. The lowest BCUT2D eigenvalue weighted by molar-refractivity contribution is -0.115. The van der Waals surface area contributed by atoms with Crippen LogP contribution in [0.1, 0.15) is 30.2 Å². The van der Waals surface area contributed by atoms with Crippen molar-refractivity contribution < 1.29 is 4.79 Å². The van der Waals surface area contributed by atoms with Crippen molar-refractivity contribution in [2.75, 3.05) is 5.32 Å². The van der Waals surface area contributed by atoms with Gasteiger partial charge in [-0.05, 0) is 50.3 Å². The van der Waals surface area contributed by atoms with Gasteiger partial charge in [0, 0.05) is 10.6 Å². The molecular weight excluding hydrogens is 366 g/mol. The first-order chi connectivity index (χ1) is 12.6. The van der Waals surface area contributed by atoms with Gasteiger partial charge in [-0.3, -0.25) is 9.59 Å². The van der Waals surface area contributed by atoms with E-state index in [-0.39, 0.29) is 16.7 Å². The molecule has 2 heterocycles. The molecule has 2 aromatic heterocycles. The number of aromatic nitrogens is 2. The maximum absolute atomic E-state index is 12.6. The summed E-state index contributed by atoms with van der Waals surface area (Å²) in [6.07, 6.45) is 4.30. The lowest BCUT2D eigenvalue weighted by Crippen LogP contribution is -2.23. The summed E-state index contributed by atoms with van der Waals surface area (Å²) in [5.74, 6) is -0.116. The number of nitrogens with zero attached hydrogens (tertiary/aromatic N) is 1. The number of rotatable bonds is 4. The van der Waals surface area contributed by atoms with Gasteiger partial charge in [-0.1, -0.05) is 30.0 Å². The van der Waals surface area contributed by atoms with E-state index in [1.165, 1.54) is 28.6 Å². The number of carbonyl (C=O) groups excluding carboxylic acids is 1. The van der Waals surface area contributed by atoms with Gasteiger partial charge in [0.2, 0.25) is 5.91 Å². The lowest BCUT2D eigenvalue weighted by Gasteiger charge is -2.11. The topological polar surface area (TPSA) is 74.8 Å². The van der Waals surface area contributed by atoms with Crippen LogP contribution in [0, 0.1) is 0 Å². The fraction of sp³-hybridized carbons (Fsp3) is 0.316. The Morgan fingerprint density at radius 1 is 1.27 bits per heavy atom. The van der Waals surface area contributed by atoms with Crippen LogP contribution in [-0.2, 0) is 17.6 Å². The van der Waals surface area contributed by atoms with Crippen LogP contribution in [0.2, 0.25) is 0 Å². The van der Waals surface area contributed by atoms with Gasteiger partial charge in [-0.15, -0.1) is 11.3 Å². The van der Waals surface area contributed by atoms with Crippen molar-refractivity contribution in [2.24, 2.45) is 0 Å². The number of hydrogen-bond donors (Lipinski definition) is 2. The molecule has 4 rings (SSSR count). The molecule has 0 aliphatic heterocycles. The molecule has 7 heteroatoms. The molecule has 134 valence electrons. The Labute approximate surface area is 159 Å². The second-order valence-electron chi connectivity index (χ2n) is 6.38. The molecule has 1 aliphatic rings. The zero-order valence-electron chi connectivity index (χ0n) is 14.4. The number of carbonyl (C=O) groups is 1. The van der Waals surface area contributed by atoms with Crippen molar-refractivity contribution >= 4 is 44.9 Å². The van der Waals surface area contributed by atoms with Gasteiger partial charge < -0.3 is 10.3 Å². The van der Waals surface area contributed by atoms with Gasteiger partial charge in [0.05, 0.1) is 10.6 Å². The van der Waals surface area contributed by atoms with Crippen LogP contribution in [0.25, 0.3) is 10.2 Å². The first-order valence-corrected chi connectivity index (χ1v) is 10.4. The Morgan fingerprint density at radius 3 is 2.85 bits per heavy atom. The van der Waals surface area contributed by atoms with Crippen LogP contribution in [0.4, 0.5) is 5.69 Å². The maximum atomic E-state index is 12.6. The summed E-state index contributed by atoms with van der Waals surface area (Å²) >= 11 is 2.89. The minimum atomic E-state index is -0.370. The smallest absolute Gasteiger partial charge is 0.260 e. The van der Waals surface area contributed by atoms with Crippen LogP contribution in [0.5, 0.6) is 0 Å². The van der Waals surface area contributed by atoms with E-state index >= 15 is 0 Å². The number of hydrogen-bond acceptors (Lipinski definition) is 5. The van der Waals surface area contributed by atoms with E-state index in [2.05, 4.69) is 15.3 Å². The number of thioether (sulfide) groups is 1. The summed E-state index contributed by atoms with van der Waals surface area (Å²) in [6, 6.07) is 9.34. The Balaban J connectivity index is 1.55.